The van der Waals surface area contributed by atoms with Crippen molar-refractivity contribution >= 4 is 21.5 Å². The van der Waals surface area contributed by atoms with E-state index in [-0.39, 0.29) is 31.7 Å². The number of piperidine rings is 1. The third kappa shape index (κ3) is 2.68. The zero-order valence-electron chi connectivity index (χ0n) is 10.3. The smallest absolute Gasteiger partial charge is 0.292 e. The Bertz CT molecular complexity index is 663. The molecule has 0 unspecified atom stereocenters. The summed E-state index contributed by atoms with van der Waals surface area (Å²) < 4.78 is 38.7. The molecule has 0 spiro atoms. The molecule has 0 radical (unpaired) electrons. The number of sulfonamides is 1. The van der Waals surface area contributed by atoms with Crippen molar-refractivity contribution in [1.29, 1.82) is 0 Å². The fourth-order valence-corrected chi connectivity index (χ4v) is 3.55. The van der Waals surface area contributed by atoms with Crippen LogP contribution in [0.4, 0.5) is 10.1 Å². The molecule has 1 fully saturated rings. The zero-order chi connectivity index (χ0) is 14.9. The highest BCUT2D eigenvalue weighted by Gasteiger charge is 2.34. The molecular weight excluding hydrogens is 291 g/mol. The molecule has 1 heterocycles. The monoisotopic (exact) mass is 302 g/mol. The molecule has 1 aliphatic rings. The zero-order valence-corrected chi connectivity index (χ0v) is 11.1. The average molecular weight is 302 g/mol. The van der Waals surface area contributed by atoms with Gasteiger partial charge in [-0.15, -0.1) is 0 Å². The van der Waals surface area contributed by atoms with E-state index in [0.29, 0.717) is 6.07 Å². The molecule has 0 bridgehead atoms. The fourth-order valence-electron chi connectivity index (χ4n) is 1.97. The van der Waals surface area contributed by atoms with E-state index in [4.69, 9.17) is 0 Å². The number of nitro benzene ring substituents is 1. The largest absolute Gasteiger partial charge is 0.300 e. The van der Waals surface area contributed by atoms with Gasteiger partial charge in [-0.05, 0) is 12.1 Å². The molecule has 108 valence electrons. The van der Waals surface area contributed by atoms with Gasteiger partial charge >= 0.3 is 0 Å². The lowest BCUT2D eigenvalue weighted by Gasteiger charge is -2.25. The number of nitro groups is 1. The van der Waals surface area contributed by atoms with Crippen LogP contribution in [0.25, 0.3) is 0 Å². The summed E-state index contributed by atoms with van der Waals surface area (Å²) in [7, 11) is -4.11. The number of benzene rings is 1. The molecule has 0 amide bonds. The number of rotatable bonds is 3. The van der Waals surface area contributed by atoms with Crippen molar-refractivity contribution in [2.24, 2.45) is 0 Å². The van der Waals surface area contributed by atoms with Crippen LogP contribution < -0.4 is 0 Å². The second-order valence-electron chi connectivity index (χ2n) is 4.31. The van der Waals surface area contributed by atoms with Gasteiger partial charge in [0.1, 0.15) is 11.6 Å². The van der Waals surface area contributed by atoms with Crippen LogP contribution in [0.15, 0.2) is 23.1 Å². The minimum Gasteiger partial charge on any atom is -0.300 e. The maximum atomic E-state index is 13.0. The number of Topliss-reactive ketones (excluding diaryl/α,β-unsaturated/α-hetero) is 1. The van der Waals surface area contributed by atoms with E-state index in [1.165, 1.54) is 0 Å². The van der Waals surface area contributed by atoms with Gasteiger partial charge in [0.15, 0.2) is 4.90 Å². The first-order valence-electron chi connectivity index (χ1n) is 5.78. The van der Waals surface area contributed by atoms with Gasteiger partial charge in [-0.25, -0.2) is 12.8 Å². The van der Waals surface area contributed by atoms with Gasteiger partial charge in [0.2, 0.25) is 10.0 Å². The quantitative estimate of drug-likeness (QED) is 0.615. The summed E-state index contributed by atoms with van der Waals surface area (Å²) in [5, 5.41) is 10.9. The van der Waals surface area contributed by atoms with Gasteiger partial charge in [0, 0.05) is 25.9 Å². The average Bonchev–Trinajstić information content (AvgIpc) is 2.38. The van der Waals surface area contributed by atoms with Crippen molar-refractivity contribution in [3.05, 3.63) is 34.1 Å². The predicted octanol–water partition coefficient (Wildman–Crippen LogP) is 1.09. The molecule has 20 heavy (non-hydrogen) atoms. The molecule has 0 atom stereocenters. The maximum Gasteiger partial charge on any atom is 0.292 e. The molecule has 9 heteroatoms. The Morgan fingerprint density at radius 1 is 1.25 bits per heavy atom. The maximum absolute atomic E-state index is 13.0. The van der Waals surface area contributed by atoms with Crippen LogP contribution in [-0.4, -0.2) is 36.5 Å². The summed E-state index contributed by atoms with van der Waals surface area (Å²) in [4.78, 5) is 20.5. The molecule has 0 aliphatic carbocycles. The number of hydrogen-bond donors (Lipinski definition) is 0. The van der Waals surface area contributed by atoms with Gasteiger partial charge in [-0.3, -0.25) is 14.9 Å². The summed E-state index contributed by atoms with van der Waals surface area (Å²) in [6.07, 6.45) is 0.155. The van der Waals surface area contributed by atoms with Crippen molar-refractivity contribution in [3.8, 4) is 0 Å². The van der Waals surface area contributed by atoms with E-state index in [1.807, 2.05) is 0 Å². The van der Waals surface area contributed by atoms with E-state index in [0.717, 1.165) is 16.4 Å². The van der Waals surface area contributed by atoms with Crippen molar-refractivity contribution in [3.63, 3.8) is 0 Å². The summed E-state index contributed by atoms with van der Waals surface area (Å²) >= 11 is 0. The Morgan fingerprint density at radius 2 is 1.85 bits per heavy atom. The fraction of sp³-hybridized carbons (Fsp3) is 0.364. The highest BCUT2D eigenvalue weighted by molar-refractivity contribution is 7.89. The lowest BCUT2D eigenvalue weighted by atomic mass is 10.1. The summed E-state index contributed by atoms with van der Waals surface area (Å²) in [5.41, 5.74) is -0.804. The number of ketones is 1. The Balaban J connectivity index is 2.44. The number of hydrogen-bond acceptors (Lipinski definition) is 5. The molecule has 1 saturated heterocycles. The molecule has 0 aromatic heterocycles. The van der Waals surface area contributed by atoms with Crippen LogP contribution in [0.1, 0.15) is 12.8 Å². The van der Waals surface area contributed by atoms with Crippen LogP contribution in [0.3, 0.4) is 0 Å². The number of carbonyl (C=O) groups is 1. The number of nitrogens with zero attached hydrogens (tertiary/aromatic N) is 2. The Kier molecular flexibility index (Phi) is 3.82. The standard InChI is InChI=1S/C11H11FN2O5S/c12-8-1-2-11(10(7-8)14(16)17)20(18,19)13-5-3-9(15)4-6-13/h1-2,7H,3-6H2. The Labute approximate surface area is 114 Å². The van der Waals surface area contributed by atoms with Gasteiger partial charge in [-0.1, -0.05) is 0 Å². The van der Waals surface area contributed by atoms with Gasteiger partial charge in [0.25, 0.3) is 5.69 Å². The van der Waals surface area contributed by atoms with Gasteiger partial charge in [-0.2, -0.15) is 4.31 Å². The normalized spacial score (nSPS) is 17.1. The molecule has 7 nitrogen and oxygen atoms in total. The number of carbonyl (C=O) groups excluding carboxylic acids is 1. The first kappa shape index (κ1) is 14.5. The van der Waals surface area contributed by atoms with Gasteiger partial charge in [0.05, 0.1) is 11.0 Å². The molecular formula is C11H11FN2O5S. The van der Waals surface area contributed by atoms with Crippen molar-refractivity contribution in [2.75, 3.05) is 13.1 Å². The highest BCUT2D eigenvalue weighted by atomic mass is 32.2. The highest BCUT2D eigenvalue weighted by Crippen LogP contribution is 2.28. The van der Waals surface area contributed by atoms with Crippen LogP contribution in [-0.2, 0) is 14.8 Å². The SMILES string of the molecule is O=C1CCN(S(=O)(=O)c2ccc(F)cc2[N+](=O)[O-])CC1. The first-order valence-corrected chi connectivity index (χ1v) is 7.22. The topological polar surface area (TPSA) is 97.6 Å². The van der Waals surface area contributed by atoms with Crippen LogP contribution in [0.2, 0.25) is 0 Å². The van der Waals surface area contributed by atoms with Crippen LogP contribution in [0, 0.1) is 15.9 Å². The minimum absolute atomic E-state index is 0.0182. The van der Waals surface area contributed by atoms with Crippen LogP contribution >= 0.6 is 0 Å². The third-order valence-corrected chi connectivity index (χ3v) is 4.96. The van der Waals surface area contributed by atoms with E-state index in [2.05, 4.69) is 0 Å². The van der Waals surface area contributed by atoms with Crippen molar-refractivity contribution < 1.29 is 22.5 Å². The van der Waals surface area contributed by atoms with E-state index in [1.54, 1.807) is 0 Å². The summed E-state index contributed by atoms with van der Waals surface area (Å²) in [5.74, 6) is -0.936. The molecule has 1 aliphatic heterocycles. The second-order valence-corrected chi connectivity index (χ2v) is 6.22. The lowest BCUT2D eigenvalue weighted by Crippen LogP contribution is -2.38. The second kappa shape index (κ2) is 5.25. The minimum atomic E-state index is -4.11. The van der Waals surface area contributed by atoms with E-state index < -0.39 is 31.3 Å². The van der Waals surface area contributed by atoms with Crippen LogP contribution in [0.5, 0.6) is 0 Å². The third-order valence-electron chi connectivity index (χ3n) is 3.02. The first-order chi connectivity index (χ1) is 9.32. The molecule has 1 aromatic rings. The molecule has 0 saturated carbocycles. The van der Waals surface area contributed by atoms with Gasteiger partial charge < -0.3 is 0 Å². The predicted molar refractivity (Wildman–Crippen MR) is 66.1 cm³/mol. The lowest BCUT2D eigenvalue weighted by molar-refractivity contribution is -0.388. The van der Waals surface area contributed by atoms with Crippen molar-refractivity contribution in [1.82, 2.24) is 4.31 Å². The Morgan fingerprint density at radius 3 is 2.40 bits per heavy atom. The summed E-state index contributed by atoms with van der Waals surface area (Å²) in [6.45, 7) is -0.0363. The number of halogens is 1. The van der Waals surface area contributed by atoms with Crippen molar-refractivity contribution in [2.45, 2.75) is 17.7 Å². The Hall–Kier alpha value is -1.87. The van der Waals surface area contributed by atoms with E-state index in [9.17, 15) is 27.7 Å². The summed E-state index contributed by atoms with van der Waals surface area (Å²) in [6, 6.07) is 2.30. The molecule has 0 N–H and O–H groups in total. The molecule has 2 rings (SSSR count). The molecule has 1 aromatic carbocycles. The van der Waals surface area contributed by atoms with E-state index >= 15 is 0 Å².